The van der Waals surface area contributed by atoms with Crippen LogP contribution in [0.5, 0.6) is 5.75 Å². The molecule has 39 heavy (non-hydrogen) atoms. The molecule has 10 heteroatoms. The summed E-state index contributed by atoms with van der Waals surface area (Å²) in [6, 6.07) is 12.9. The van der Waals surface area contributed by atoms with Gasteiger partial charge in [0.25, 0.3) is 15.9 Å². The number of hydrogen-bond acceptors (Lipinski definition) is 6. The van der Waals surface area contributed by atoms with Gasteiger partial charge in [-0.15, -0.1) is 0 Å². The lowest BCUT2D eigenvalue weighted by Gasteiger charge is -2.33. The quantitative estimate of drug-likeness (QED) is 0.450. The highest BCUT2D eigenvalue weighted by Crippen LogP contribution is 2.30. The topological polar surface area (TPSA) is 113 Å². The fourth-order valence-electron chi connectivity index (χ4n) is 5.40. The van der Waals surface area contributed by atoms with E-state index in [0.717, 1.165) is 35.6 Å². The Morgan fingerprint density at radius 2 is 1.85 bits per heavy atom. The first kappa shape index (κ1) is 28.6. The maximum Gasteiger partial charge on any atom is 0.269 e. The number of sulfonamides is 1. The summed E-state index contributed by atoms with van der Waals surface area (Å²) >= 11 is 0. The van der Waals surface area contributed by atoms with Gasteiger partial charge in [0.2, 0.25) is 11.8 Å². The Labute approximate surface area is 230 Å². The van der Waals surface area contributed by atoms with Crippen molar-refractivity contribution in [3.05, 3.63) is 59.7 Å². The van der Waals surface area contributed by atoms with Crippen LogP contribution in [-0.4, -0.2) is 61.1 Å². The molecule has 0 radical (unpaired) electrons. The number of fused-ring (bicyclic) bond motifs is 1. The van der Waals surface area contributed by atoms with Crippen molar-refractivity contribution in [3.8, 4) is 5.75 Å². The summed E-state index contributed by atoms with van der Waals surface area (Å²) in [5, 5.41) is 3.15. The number of methoxy groups -OCH3 is 1. The van der Waals surface area contributed by atoms with Crippen molar-refractivity contribution in [2.75, 3.05) is 13.7 Å². The van der Waals surface area contributed by atoms with Crippen LogP contribution in [0.3, 0.4) is 0 Å². The van der Waals surface area contributed by atoms with Gasteiger partial charge in [-0.2, -0.15) is 0 Å². The highest BCUT2D eigenvalue weighted by Gasteiger charge is 2.40. The van der Waals surface area contributed by atoms with E-state index in [1.54, 1.807) is 24.1 Å². The first-order chi connectivity index (χ1) is 18.8. The van der Waals surface area contributed by atoms with Crippen molar-refractivity contribution >= 4 is 27.7 Å². The summed E-state index contributed by atoms with van der Waals surface area (Å²) in [5.74, 6) is -0.375. The lowest BCUT2D eigenvalue weighted by molar-refractivity contribution is -0.141. The fourth-order valence-corrected chi connectivity index (χ4v) is 7.01. The number of rotatable bonds is 11. The molecule has 9 nitrogen and oxygen atoms in total. The molecule has 0 bridgehead atoms. The normalized spacial score (nSPS) is 17.4. The van der Waals surface area contributed by atoms with Crippen LogP contribution in [0, 0.1) is 0 Å². The molecule has 4 rings (SSSR count). The number of ether oxygens (including phenoxy) is 1. The minimum Gasteiger partial charge on any atom is -0.497 e. The molecular weight excluding hydrogens is 518 g/mol. The maximum absolute atomic E-state index is 13.6. The summed E-state index contributed by atoms with van der Waals surface area (Å²) in [6.45, 7) is 1.97. The number of carbonyl (C=O) groups is 3. The van der Waals surface area contributed by atoms with E-state index in [1.165, 1.54) is 18.6 Å². The van der Waals surface area contributed by atoms with Gasteiger partial charge in [0, 0.05) is 25.6 Å². The molecule has 0 unspecified atom stereocenters. The van der Waals surface area contributed by atoms with Crippen LogP contribution in [0.15, 0.2) is 53.4 Å². The Morgan fingerprint density at radius 3 is 2.54 bits per heavy atom. The zero-order valence-corrected chi connectivity index (χ0v) is 23.4. The molecule has 1 aliphatic heterocycles. The van der Waals surface area contributed by atoms with Crippen molar-refractivity contribution in [1.29, 1.82) is 0 Å². The second-order valence-corrected chi connectivity index (χ2v) is 12.0. The van der Waals surface area contributed by atoms with Gasteiger partial charge in [0.05, 0.1) is 12.7 Å². The second-order valence-electron chi connectivity index (χ2n) is 10.1. The van der Waals surface area contributed by atoms with E-state index in [9.17, 15) is 22.8 Å². The van der Waals surface area contributed by atoms with E-state index in [0.29, 0.717) is 12.2 Å². The standard InChI is InChI=1S/C29H37N3O6S/c1-3-25(28(34)30-22-12-5-4-6-13-22)31(20-21-11-9-14-23(19-21)38-2)27(33)17-10-18-32-29(35)24-15-7-8-16-26(24)39(32,36)37/h7-9,11,14-16,19,22,25H,3-6,10,12-13,17-18,20H2,1-2H3,(H,30,34)/t25-/m1/s1. The first-order valence-corrected chi connectivity index (χ1v) is 15.1. The maximum atomic E-state index is 13.6. The molecule has 1 N–H and O–H groups in total. The van der Waals surface area contributed by atoms with Crippen LogP contribution in [0.4, 0.5) is 0 Å². The minimum absolute atomic E-state index is 0.00712. The van der Waals surface area contributed by atoms with Gasteiger partial charge in [-0.1, -0.05) is 50.5 Å². The van der Waals surface area contributed by atoms with Crippen molar-refractivity contribution in [2.45, 2.75) is 81.8 Å². The van der Waals surface area contributed by atoms with Crippen LogP contribution in [0.1, 0.15) is 74.2 Å². The second kappa shape index (κ2) is 12.6. The summed E-state index contributed by atoms with van der Waals surface area (Å²) in [4.78, 5) is 41.3. The van der Waals surface area contributed by atoms with Crippen LogP contribution in [0.25, 0.3) is 0 Å². The summed E-state index contributed by atoms with van der Waals surface area (Å²) < 4.78 is 31.9. The highest BCUT2D eigenvalue weighted by molar-refractivity contribution is 7.90. The third-order valence-electron chi connectivity index (χ3n) is 7.49. The number of benzene rings is 2. The highest BCUT2D eigenvalue weighted by atomic mass is 32.2. The van der Waals surface area contributed by atoms with Gasteiger partial charge in [-0.05, 0) is 55.5 Å². The number of carbonyl (C=O) groups excluding carboxylic acids is 3. The number of hydrogen-bond donors (Lipinski definition) is 1. The van der Waals surface area contributed by atoms with Gasteiger partial charge in [-0.25, -0.2) is 12.7 Å². The molecule has 1 aliphatic carbocycles. The number of nitrogens with zero attached hydrogens (tertiary/aromatic N) is 2. The summed E-state index contributed by atoms with van der Waals surface area (Å²) in [6.07, 6.45) is 5.78. The van der Waals surface area contributed by atoms with Gasteiger partial charge < -0.3 is 15.0 Å². The van der Waals surface area contributed by atoms with Crippen molar-refractivity contribution < 1.29 is 27.5 Å². The van der Waals surface area contributed by atoms with E-state index in [4.69, 9.17) is 4.74 Å². The molecule has 2 aliphatic rings. The smallest absolute Gasteiger partial charge is 0.269 e. The summed E-state index contributed by atoms with van der Waals surface area (Å²) in [7, 11) is -2.37. The molecule has 3 amide bonds. The average Bonchev–Trinajstić information content (AvgIpc) is 3.14. The summed E-state index contributed by atoms with van der Waals surface area (Å²) in [5.41, 5.74) is 0.966. The van der Waals surface area contributed by atoms with Gasteiger partial charge in [-0.3, -0.25) is 14.4 Å². The van der Waals surface area contributed by atoms with Crippen LogP contribution < -0.4 is 10.1 Å². The molecule has 2 aromatic rings. The third kappa shape index (κ3) is 6.43. The Kier molecular flexibility index (Phi) is 9.27. The molecule has 1 atom stereocenters. The Bertz CT molecular complexity index is 1310. The lowest BCUT2D eigenvalue weighted by atomic mass is 9.95. The SMILES string of the molecule is CC[C@H](C(=O)NC1CCCCC1)N(Cc1cccc(OC)c1)C(=O)CCCN1C(=O)c2ccccc2S1(=O)=O. The van der Waals surface area contributed by atoms with E-state index < -0.39 is 22.0 Å². The van der Waals surface area contributed by atoms with Gasteiger partial charge >= 0.3 is 0 Å². The van der Waals surface area contributed by atoms with E-state index in [-0.39, 0.29) is 54.2 Å². The van der Waals surface area contributed by atoms with Crippen LogP contribution in [-0.2, 0) is 26.2 Å². The molecule has 210 valence electrons. The lowest BCUT2D eigenvalue weighted by Crippen LogP contribution is -2.51. The number of amides is 3. The molecular formula is C29H37N3O6S. The molecule has 0 spiro atoms. The monoisotopic (exact) mass is 555 g/mol. The largest absolute Gasteiger partial charge is 0.497 e. The van der Waals surface area contributed by atoms with Gasteiger partial charge in [0.15, 0.2) is 0 Å². The minimum atomic E-state index is -3.94. The zero-order valence-electron chi connectivity index (χ0n) is 22.6. The average molecular weight is 556 g/mol. The van der Waals surface area contributed by atoms with E-state index >= 15 is 0 Å². The van der Waals surface area contributed by atoms with Crippen LogP contribution >= 0.6 is 0 Å². The Balaban J connectivity index is 1.48. The molecule has 1 fully saturated rings. The molecule has 1 saturated carbocycles. The number of nitrogens with one attached hydrogen (secondary N) is 1. The molecule has 0 aromatic heterocycles. The Hall–Kier alpha value is -3.40. The van der Waals surface area contributed by atoms with Crippen LogP contribution in [0.2, 0.25) is 0 Å². The molecule has 1 heterocycles. The zero-order chi connectivity index (χ0) is 28.0. The predicted octanol–water partition coefficient (Wildman–Crippen LogP) is 3.88. The van der Waals surface area contributed by atoms with Crippen molar-refractivity contribution in [3.63, 3.8) is 0 Å². The Morgan fingerprint density at radius 1 is 1.10 bits per heavy atom. The molecule has 0 saturated heterocycles. The first-order valence-electron chi connectivity index (χ1n) is 13.6. The molecule has 2 aromatic carbocycles. The van der Waals surface area contributed by atoms with E-state index in [1.807, 2.05) is 31.2 Å². The predicted molar refractivity (Wildman–Crippen MR) is 147 cm³/mol. The third-order valence-corrected chi connectivity index (χ3v) is 9.33. The van der Waals surface area contributed by atoms with Crippen molar-refractivity contribution in [1.82, 2.24) is 14.5 Å². The van der Waals surface area contributed by atoms with E-state index in [2.05, 4.69) is 5.32 Å². The fraction of sp³-hybridized carbons (Fsp3) is 0.483. The van der Waals surface area contributed by atoms with Crippen molar-refractivity contribution in [2.24, 2.45) is 0 Å². The van der Waals surface area contributed by atoms with Gasteiger partial charge in [0.1, 0.15) is 16.7 Å².